The standard InChI is InChI=1S/C19H24N4O3/c1-19(2,3)26-18(24)23-6-4-5-16(23)12-25-17-7-14(8-20-11-17)15-9-21-13-22-10-15/h7-11,13,16H,4-6,12H2,1-3H3/t16-/m0/s1. The molecule has 3 heterocycles. The van der Waals surface area contributed by atoms with E-state index in [1.165, 1.54) is 6.33 Å². The van der Waals surface area contributed by atoms with Gasteiger partial charge < -0.3 is 14.4 Å². The topological polar surface area (TPSA) is 77.4 Å². The van der Waals surface area contributed by atoms with E-state index < -0.39 is 5.60 Å². The molecule has 1 aliphatic heterocycles. The molecule has 1 aliphatic rings. The zero-order valence-corrected chi connectivity index (χ0v) is 15.4. The summed E-state index contributed by atoms with van der Waals surface area (Å²) in [6.07, 6.45) is 9.93. The Morgan fingerprint density at radius 2 is 1.88 bits per heavy atom. The maximum Gasteiger partial charge on any atom is 0.410 e. The Labute approximate surface area is 153 Å². The monoisotopic (exact) mass is 356 g/mol. The highest BCUT2D eigenvalue weighted by Gasteiger charge is 2.32. The lowest BCUT2D eigenvalue weighted by molar-refractivity contribution is 0.0187. The second kappa shape index (κ2) is 7.68. The van der Waals surface area contributed by atoms with Crippen LogP contribution >= 0.6 is 0 Å². The maximum atomic E-state index is 12.3. The number of nitrogens with zero attached hydrogens (tertiary/aromatic N) is 4. The normalized spacial score (nSPS) is 17.2. The summed E-state index contributed by atoms with van der Waals surface area (Å²) in [4.78, 5) is 26.4. The lowest BCUT2D eigenvalue weighted by atomic mass is 10.1. The van der Waals surface area contributed by atoms with Crippen LogP contribution in [0.15, 0.2) is 37.2 Å². The molecule has 0 aromatic carbocycles. The van der Waals surface area contributed by atoms with Crippen LogP contribution < -0.4 is 4.74 Å². The van der Waals surface area contributed by atoms with Gasteiger partial charge in [0.05, 0.1) is 12.2 Å². The van der Waals surface area contributed by atoms with Crippen LogP contribution in [0, 0.1) is 0 Å². The Balaban J connectivity index is 1.62. The number of hydrogen-bond donors (Lipinski definition) is 0. The third kappa shape index (κ3) is 4.68. The van der Waals surface area contributed by atoms with Crippen molar-refractivity contribution in [2.24, 2.45) is 0 Å². The van der Waals surface area contributed by atoms with Crippen molar-refractivity contribution in [2.45, 2.75) is 45.3 Å². The highest BCUT2D eigenvalue weighted by Crippen LogP contribution is 2.24. The van der Waals surface area contributed by atoms with Crippen molar-refractivity contribution in [3.8, 4) is 16.9 Å². The van der Waals surface area contributed by atoms with Crippen molar-refractivity contribution in [1.82, 2.24) is 19.9 Å². The molecule has 1 amide bonds. The van der Waals surface area contributed by atoms with E-state index in [0.29, 0.717) is 18.9 Å². The fourth-order valence-electron chi connectivity index (χ4n) is 2.87. The molecule has 0 radical (unpaired) electrons. The fourth-order valence-corrected chi connectivity index (χ4v) is 2.87. The minimum atomic E-state index is -0.499. The molecular weight excluding hydrogens is 332 g/mol. The number of hydrogen-bond acceptors (Lipinski definition) is 6. The average Bonchev–Trinajstić information content (AvgIpc) is 3.08. The number of carbonyl (C=O) groups excluding carboxylic acids is 1. The average molecular weight is 356 g/mol. The van der Waals surface area contributed by atoms with Crippen molar-refractivity contribution in [3.63, 3.8) is 0 Å². The summed E-state index contributed by atoms with van der Waals surface area (Å²) in [5.41, 5.74) is 1.27. The summed E-state index contributed by atoms with van der Waals surface area (Å²) in [5, 5.41) is 0. The zero-order chi connectivity index (χ0) is 18.6. The number of amides is 1. The number of ether oxygens (including phenoxy) is 2. The molecule has 138 valence electrons. The predicted molar refractivity (Wildman–Crippen MR) is 96.7 cm³/mol. The molecule has 2 aromatic rings. The second-order valence-electron chi connectivity index (χ2n) is 7.32. The van der Waals surface area contributed by atoms with Gasteiger partial charge in [-0.15, -0.1) is 0 Å². The minimum Gasteiger partial charge on any atom is -0.490 e. The molecule has 0 unspecified atom stereocenters. The molecule has 7 heteroatoms. The Morgan fingerprint density at radius 1 is 1.15 bits per heavy atom. The number of rotatable bonds is 4. The Morgan fingerprint density at radius 3 is 2.62 bits per heavy atom. The third-order valence-electron chi connectivity index (χ3n) is 4.05. The molecule has 1 saturated heterocycles. The van der Waals surface area contributed by atoms with Crippen LogP contribution in [0.1, 0.15) is 33.6 Å². The van der Waals surface area contributed by atoms with Crippen LogP contribution in [-0.4, -0.2) is 50.7 Å². The summed E-state index contributed by atoms with van der Waals surface area (Å²) < 4.78 is 11.4. The van der Waals surface area contributed by atoms with E-state index in [1.807, 2.05) is 26.8 Å². The van der Waals surface area contributed by atoms with Gasteiger partial charge >= 0.3 is 6.09 Å². The minimum absolute atomic E-state index is 0.00793. The van der Waals surface area contributed by atoms with Crippen molar-refractivity contribution in [3.05, 3.63) is 37.2 Å². The Hall–Kier alpha value is -2.70. The number of pyridine rings is 1. The SMILES string of the molecule is CC(C)(C)OC(=O)N1CCC[C@H]1COc1cncc(-c2cncnc2)c1. The number of carbonyl (C=O) groups is 1. The van der Waals surface area contributed by atoms with E-state index in [2.05, 4.69) is 15.0 Å². The first-order chi connectivity index (χ1) is 12.4. The highest BCUT2D eigenvalue weighted by molar-refractivity contribution is 5.69. The van der Waals surface area contributed by atoms with Gasteiger partial charge in [-0.2, -0.15) is 0 Å². The van der Waals surface area contributed by atoms with E-state index in [1.54, 1.807) is 29.7 Å². The van der Waals surface area contributed by atoms with Crippen molar-refractivity contribution in [2.75, 3.05) is 13.2 Å². The van der Waals surface area contributed by atoms with Crippen molar-refractivity contribution < 1.29 is 14.3 Å². The largest absolute Gasteiger partial charge is 0.490 e. The van der Waals surface area contributed by atoms with Crippen LogP contribution in [0.2, 0.25) is 0 Å². The van der Waals surface area contributed by atoms with Gasteiger partial charge in [0, 0.05) is 36.3 Å². The van der Waals surface area contributed by atoms with Crippen LogP contribution in [0.25, 0.3) is 11.1 Å². The van der Waals surface area contributed by atoms with Gasteiger partial charge in [-0.3, -0.25) is 4.98 Å². The quantitative estimate of drug-likeness (QED) is 0.836. The van der Waals surface area contributed by atoms with Crippen LogP contribution in [0.4, 0.5) is 4.79 Å². The number of aromatic nitrogens is 3. The molecule has 1 atom stereocenters. The summed E-state index contributed by atoms with van der Waals surface area (Å²) in [6.45, 7) is 6.73. The van der Waals surface area contributed by atoms with Gasteiger partial charge in [-0.05, 0) is 39.7 Å². The molecular formula is C19H24N4O3. The molecule has 7 nitrogen and oxygen atoms in total. The first-order valence-electron chi connectivity index (χ1n) is 8.75. The lowest BCUT2D eigenvalue weighted by Gasteiger charge is -2.28. The summed E-state index contributed by atoms with van der Waals surface area (Å²) in [6, 6.07) is 1.91. The zero-order valence-electron chi connectivity index (χ0n) is 15.4. The van der Waals surface area contributed by atoms with Gasteiger partial charge in [0.2, 0.25) is 0 Å². The van der Waals surface area contributed by atoms with Crippen LogP contribution in [-0.2, 0) is 4.74 Å². The molecule has 0 saturated carbocycles. The maximum absolute atomic E-state index is 12.3. The van der Waals surface area contributed by atoms with Gasteiger partial charge in [0.1, 0.15) is 24.3 Å². The van der Waals surface area contributed by atoms with Gasteiger partial charge in [-0.25, -0.2) is 14.8 Å². The molecule has 26 heavy (non-hydrogen) atoms. The summed E-state index contributed by atoms with van der Waals surface area (Å²) in [5.74, 6) is 0.655. The Kier molecular flexibility index (Phi) is 5.35. The highest BCUT2D eigenvalue weighted by atomic mass is 16.6. The van der Waals surface area contributed by atoms with Gasteiger partial charge in [0.15, 0.2) is 0 Å². The second-order valence-corrected chi connectivity index (χ2v) is 7.32. The molecule has 2 aromatic heterocycles. The van der Waals surface area contributed by atoms with Crippen LogP contribution in [0.5, 0.6) is 5.75 Å². The van der Waals surface area contributed by atoms with Gasteiger partial charge in [0.25, 0.3) is 0 Å². The van der Waals surface area contributed by atoms with Crippen LogP contribution in [0.3, 0.4) is 0 Å². The molecule has 1 fully saturated rings. The van der Waals surface area contributed by atoms with Crippen molar-refractivity contribution in [1.29, 1.82) is 0 Å². The summed E-state index contributed by atoms with van der Waals surface area (Å²) >= 11 is 0. The predicted octanol–water partition coefficient (Wildman–Crippen LogP) is 3.32. The molecule has 0 spiro atoms. The fraction of sp³-hybridized carbons (Fsp3) is 0.474. The van der Waals surface area contributed by atoms with E-state index in [0.717, 1.165) is 24.0 Å². The Bertz CT molecular complexity index is 746. The van der Waals surface area contributed by atoms with E-state index in [4.69, 9.17) is 9.47 Å². The first-order valence-corrected chi connectivity index (χ1v) is 8.75. The van der Waals surface area contributed by atoms with E-state index in [-0.39, 0.29) is 12.1 Å². The smallest absolute Gasteiger partial charge is 0.410 e. The number of likely N-dealkylation sites (tertiary alicyclic amines) is 1. The third-order valence-corrected chi connectivity index (χ3v) is 4.05. The van der Waals surface area contributed by atoms with Gasteiger partial charge in [-0.1, -0.05) is 0 Å². The molecule has 0 bridgehead atoms. The molecule has 0 aliphatic carbocycles. The molecule has 0 N–H and O–H groups in total. The summed E-state index contributed by atoms with van der Waals surface area (Å²) in [7, 11) is 0. The lowest BCUT2D eigenvalue weighted by Crippen LogP contribution is -2.42. The molecule has 3 rings (SSSR count). The van der Waals surface area contributed by atoms with E-state index in [9.17, 15) is 4.79 Å². The van der Waals surface area contributed by atoms with E-state index >= 15 is 0 Å². The first kappa shape index (κ1) is 18.1. The van der Waals surface area contributed by atoms with Crippen molar-refractivity contribution >= 4 is 6.09 Å².